The second-order valence-corrected chi connectivity index (χ2v) is 5.63. The molecule has 2 N–H and O–H groups in total. The van der Waals surface area contributed by atoms with Gasteiger partial charge in [-0.05, 0) is 30.4 Å². The van der Waals surface area contributed by atoms with Crippen molar-refractivity contribution in [2.45, 2.75) is 12.8 Å². The number of ether oxygens (including phenoxy) is 1. The lowest BCUT2D eigenvalue weighted by molar-refractivity contribution is -0.143. The molecule has 114 valence electrons. The van der Waals surface area contributed by atoms with Gasteiger partial charge in [-0.15, -0.1) is 0 Å². The first-order valence-electron chi connectivity index (χ1n) is 7.15. The van der Waals surface area contributed by atoms with E-state index in [0.29, 0.717) is 24.2 Å². The van der Waals surface area contributed by atoms with Gasteiger partial charge >= 0.3 is 5.97 Å². The highest BCUT2D eigenvalue weighted by molar-refractivity contribution is 6.08. The van der Waals surface area contributed by atoms with Crippen LogP contribution in [0.3, 0.4) is 0 Å². The smallest absolute Gasteiger partial charge is 0.311 e. The van der Waals surface area contributed by atoms with E-state index in [1.54, 1.807) is 19.2 Å². The van der Waals surface area contributed by atoms with Crippen LogP contribution >= 0.6 is 0 Å². The first-order chi connectivity index (χ1) is 10.6. The van der Waals surface area contributed by atoms with Gasteiger partial charge < -0.3 is 15.2 Å². The summed E-state index contributed by atoms with van der Waals surface area (Å²) in [4.78, 5) is 23.6. The van der Waals surface area contributed by atoms with Gasteiger partial charge in [0, 0.05) is 17.5 Å². The fourth-order valence-corrected chi connectivity index (χ4v) is 2.61. The van der Waals surface area contributed by atoms with Crippen LogP contribution in [0.4, 0.5) is 0 Å². The fourth-order valence-electron chi connectivity index (χ4n) is 2.61. The zero-order valence-electron chi connectivity index (χ0n) is 12.3. The van der Waals surface area contributed by atoms with Gasteiger partial charge in [0.2, 0.25) is 0 Å². The molecule has 0 radical (unpaired) electrons. The maximum absolute atomic E-state index is 12.4. The van der Waals surface area contributed by atoms with E-state index in [4.69, 9.17) is 9.84 Å². The van der Waals surface area contributed by atoms with Crippen molar-refractivity contribution >= 4 is 22.6 Å². The molecular weight excluding hydrogens is 282 g/mol. The molecule has 5 heteroatoms. The molecule has 1 aliphatic rings. The minimum atomic E-state index is -0.840. The Morgan fingerprint density at radius 1 is 1.18 bits per heavy atom. The Hall–Kier alpha value is -2.56. The Morgan fingerprint density at radius 2 is 1.86 bits per heavy atom. The zero-order valence-corrected chi connectivity index (χ0v) is 12.3. The third-order valence-electron chi connectivity index (χ3n) is 4.24. The lowest BCUT2D eigenvalue weighted by Gasteiger charge is -2.13. The van der Waals surface area contributed by atoms with Crippen molar-refractivity contribution in [2.24, 2.45) is 5.41 Å². The van der Waals surface area contributed by atoms with Gasteiger partial charge in [-0.2, -0.15) is 0 Å². The molecule has 0 atom stereocenters. The Morgan fingerprint density at radius 3 is 2.45 bits per heavy atom. The van der Waals surface area contributed by atoms with Gasteiger partial charge in [-0.1, -0.05) is 24.3 Å². The van der Waals surface area contributed by atoms with Crippen molar-refractivity contribution in [3.63, 3.8) is 0 Å². The monoisotopic (exact) mass is 299 g/mol. The van der Waals surface area contributed by atoms with Gasteiger partial charge in [0.25, 0.3) is 5.91 Å². The third-order valence-corrected chi connectivity index (χ3v) is 4.24. The van der Waals surface area contributed by atoms with Crippen molar-refractivity contribution in [1.82, 2.24) is 5.32 Å². The molecule has 0 aliphatic heterocycles. The maximum Gasteiger partial charge on any atom is 0.311 e. The molecule has 1 aliphatic carbocycles. The van der Waals surface area contributed by atoms with E-state index >= 15 is 0 Å². The van der Waals surface area contributed by atoms with Crippen molar-refractivity contribution in [2.75, 3.05) is 13.7 Å². The number of carbonyl (C=O) groups is 2. The van der Waals surface area contributed by atoms with Crippen LogP contribution in [0.2, 0.25) is 0 Å². The largest absolute Gasteiger partial charge is 0.496 e. The number of carboxylic acid groups (broad SMARTS) is 1. The second kappa shape index (κ2) is 5.33. The molecule has 0 spiro atoms. The maximum atomic E-state index is 12.4. The van der Waals surface area contributed by atoms with Crippen LogP contribution in [-0.4, -0.2) is 30.6 Å². The SMILES string of the molecule is COc1ccc(C(=O)NCC2(C(=O)O)CC2)c2ccccc12. The lowest BCUT2D eigenvalue weighted by atomic mass is 10.0. The average Bonchev–Trinajstić information content (AvgIpc) is 3.33. The number of fused-ring (bicyclic) bond motifs is 1. The summed E-state index contributed by atoms with van der Waals surface area (Å²) < 4.78 is 5.31. The van der Waals surface area contributed by atoms with Crippen LogP contribution in [0.25, 0.3) is 10.8 Å². The van der Waals surface area contributed by atoms with E-state index in [1.165, 1.54) is 0 Å². The number of carbonyl (C=O) groups excluding carboxylic acids is 1. The Balaban J connectivity index is 1.87. The van der Waals surface area contributed by atoms with Gasteiger partial charge in [0.1, 0.15) is 5.75 Å². The van der Waals surface area contributed by atoms with Crippen LogP contribution in [0, 0.1) is 5.41 Å². The summed E-state index contributed by atoms with van der Waals surface area (Å²) in [7, 11) is 1.59. The molecule has 0 saturated heterocycles. The molecule has 2 aromatic rings. The summed E-state index contributed by atoms with van der Waals surface area (Å²) in [6.45, 7) is 0.168. The van der Waals surface area contributed by atoms with Crippen LogP contribution < -0.4 is 10.1 Å². The first kappa shape index (κ1) is 14.4. The summed E-state index contributed by atoms with van der Waals surface area (Å²) in [5.41, 5.74) is -0.240. The third kappa shape index (κ3) is 2.39. The highest BCUT2D eigenvalue weighted by Crippen LogP contribution is 2.45. The number of hydrogen-bond donors (Lipinski definition) is 2. The van der Waals surface area contributed by atoms with E-state index in [1.807, 2.05) is 24.3 Å². The Labute approximate surface area is 127 Å². The topological polar surface area (TPSA) is 75.6 Å². The molecule has 22 heavy (non-hydrogen) atoms. The van der Waals surface area contributed by atoms with E-state index < -0.39 is 11.4 Å². The van der Waals surface area contributed by atoms with E-state index in [9.17, 15) is 9.59 Å². The molecule has 0 unspecified atom stereocenters. The van der Waals surface area contributed by atoms with E-state index in [2.05, 4.69) is 5.32 Å². The van der Waals surface area contributed by atoms with Crippen LogP contribution in [0.15, 0.2) is 36.4 Å². The summed E-state index contributed by atoms with van der Waals surface area (Å²) in [5, 5.41) is 13.6. The quantitative estimate of drug-likeness (QED) is 0.889. The molecule has 5 nitrogen and oxygen atoms in total. The summed E-state index contributed by atoms with van der Waals surface area (Å²) in [6.07, 6.45) is 1.23. The van der Waals surface area contributed by atoms with Gasteiger partial charge in [-0.25, -0.2) is 0 Å². The van der Waals surface area contributed by atoms with Crippen LogP contribution in [0.1, 0.15) is 23.2 Å². The van der Waals surface area contributed by atoms with Gasteiger partial charge in [0.05, 0.1) is 12.5 Å². The van der Waals surface area contributed by atoms with Crippen molar-refractivity contribution in [1.29, 1.82) is 0 Å². The molecule has 2 aromatic carbocycles. The summed E-state index contributed by atoms with van der Waals surface area (Å²) in [5.74, 6) is -0.393. The second-order valence-electron chi connectivity index (χ2n) is 5.63. The van der Waals surface area contributed by atoms with E-state index in [0.717, 1.165) is 10.8 Å². The molecule has 0 heterocycles. The normalized spacial score (nSPS) is 15.3. The average molecular weight is 299 g/mol. The molecule has 0 aromatic heterocycles. The molecule has 1 amide bonds. The van der Waals surface area contributed by atoms with Crippen molar-refractivity contribution in [3.05, 3.63) is 42.0 Å². The van der Waals surface area contributed by atoms with Gasteiger partial charge in [0.15, 0.2) is 0 Å². The first-order valence-corrected chi connectivity index (χ1v) is 7.15. The summed E-state index contributed by atoms with van der Waals surface area (Å²) in [6, 6.07) is 11.0. The number of amides is 1. The lowest BCUT2D eigenvalue weighted by Crippen LogP contribution is -2.34. The number of nitrogens with one attached hydrogen (secondary N) is 1. The van der Waals surface area contributed by atoms with Gasteiger partial charge in [-0.3, -0.25) is 9.59 Å². The van der Waals surface area contributed by atoms with Crippen molar-refractivity contribution in [3.8, 4) is 5.75 Å². The molecule has 1 fully saturated rings. The fraction of sp³-hybridized carbons (Fsp3) is 0.294. The highest BCUT2D eigenvalue weighted by Gasteiger charge is 2.50. The van der Waals surface area contributed by atoms with Crippen LogP contribution in [0.5, 0.6) is 5.75 Å². The Kier molecular flexibility index (Phi) is 3.48. The minimum Gasteiger partial charge on any atom is -0.496 e. The van der Waals surface area contributed by atoms with Crippen molar-refractivity contribution < 1.29 is 19.4 Å². The number of methoxy groups -OCH3 is 1. The minimum absolute atomic E-state index is 0.168. The molecular formula is C17H17NO4. The number of hydrogen-bond acceptors (Lipinski definition) is 3. The summed E-state index contributed by atoms with van der Waals surface area (Å²) >= 11 is 0. The standard InChI is InChI=1S/C17H17NO4/c1-22-14-7-6-13(11-4-2-3-5-12(11)14)15(19)18-10-17(8-9-17)16(20)21/h2-7H,8-10H2,1H3,(H,18,19)(H,20,21). The molecule has 0 bridgehead atoms. The number of rotatable bonds is 5. The number of carboxylic acids is 1. The zero-order chi connectivity index (χ0) is 15.7. The number of aliphatic carboxylic acids is 1. The molecule has 1 saturated carbocycles. The van der Waals surface area contributed by atoms with Crippen LogP contribution in [-0.2, 0) is 4.79 Å². The highest BCUT2D eigenvalue weighted by atomic mass is 16.5. The predicted octanol–water partition coefficient (Wildman–Crippen LogP) is 2.44. The van der Waals surface area contributed by atoms with E-state index in [-0.39, 0.29) is 12.5 Å². The number of benzene rings is 2. The molecule has 3 rings (SSSR count). The predicted molar refractivity (Wildman–Crippen MR) is 82.1 cm³/mol. The Bertz CT molecular complexity index is 749.